The van der Waals surface area contributed by atoms with Crippen LogP contribution >= 0.6 is 0 Å². The molecule has 3 aliphatic heterocycles. The highest BCUT2D eigenvalue weighted by atomic mass is 19.3. The average Bonchev–Trinajstić information content (AvgIpc) is 3.45. The molecule has 310 valence electrons. The number of anilines is 2. The van der Waals surface area contributed by atoms with Crippen LogP contribution in [0.4, 0.5) is 25.0 Å². The topological polar surface area (TPSA) is 96.4 Å². The Morgan fingerprint density at radius 2 is 1.83 bits per heavy atom. The molecule has 0 bridgehead atoms. The molecule has 0 saturated carbocycles. The molecule has 2 unspecified atom stereocenters. The number of amides is 2. The second-order valence-corrected chi connectivity index (χ2v) is 15.6. The molecule has 0 aliphatic carbocycles. The summed E-state index contributed by atoms with van der Waals surface area (Å²) in [6.07, 6.45) is 2.32. The lowest BCUT2D eigenvalue weighted by atomic mass is 9.92. The number of carbonyl (C=O) groups excluding carboxylic acids is 1. The van der Waals surface area contributed by atoms with Gasteiger partial charge in [-0.2, -0.15) is 5.10 Å². The van der Waals surface area contributed by atoms with E-state index in [-0.39, 0.29) is 18.2 Å². The second-order valence-electron chi connectivity index (χ2n) is 15.6. The van der Waals surface area contributed by atoms with Gasteiger partial charge < -0.3 is 29.3 Å². The van der Waals surface area contributed by atoms with Crippen LogP contribution in [0.5, 0.6) is 11.5 Å². The van der Waals surface area contributed by atoms with Crippen molar-refractivity contribution in [2.24, 2.45) is 7.05 Å². The second kappa shape index (κ2) is 17.4. The first kappa shape index (κ1) is 40.3. The predicted molar refractivity (Wildman–Crippen MR) is 225 cm³/mol. The molecule has 8 rings (SSSR count). The number of aromatic nitrogens is 2. The lowest BCUT2D eigenvalue weighted by Gasteiger charge is -2.33. The molecule has 3 aliphatic rings. The van der Waals surface area contributed by atoms with Gasteiger partial charge in [0.25, 0.3) is 6.43 Å². The van der Waals surface area contributed by atoms with Crippen LogP contribution in [0.15, 0.2) is 79.1 Å². The molecule has 0 radical (unpaired) electrons. The Labute approximate surface area is 344 Å². The van der Waals surface area contributed by atoms with Crippen LogP contribution in [0.3, 0.4) is 0 Å². The van der Waals surface area contributed by atoms with Crippen molar-refractivity contribution in [2.45, 2.75) is 65.1 Å². The van der Waals surface area contributed by atoms with E-state index in [9.17, 15) is 13.6 Å². The molecule has 2 amide bonds. The summed E-state index contributed by atoms with van der Waals surface area (Å²) < 4.78 is 50.4. The molecule has 11 nitrogen and oxygen atoms in total. The number of rotatable bonds is 10. The van der Waals surface area contributed by atoms with Crippen LogP contribution in [-0.4, -0.2) is 85.0 Å². The van der Waals surface area contributed by atoms with E-state index in [0.29, 0.717) is 56.2 Å². The third-order valence-corrected chi connectivity index (χ3v) is 11.7. The summed E-state index contributed by atoms with van der Waals surface area (Å²) in [6, 6.07) is 22.1. The normalized spacial score (nSPS) is 17.3. The Bertz CT molecular complexity index is 2320. The third kappa shape index (κ3) is 8.37. The van der Waals surface area contributed by atoms with E-state index in [4.69, 9.17) is 14.2 Å². The first-order valence-electron chi connectivity index (χ1n) is 20.5. The molecule has 4 aromatic carbocycles. The highest BCUT2D eigenvalue weighted by Gasteiger charge is 2.31. The Morgan fingerprint density at radius 1 is 0.983 bits per heavy atom. The van der Waals surface area contributed by atoms with Crippen molar-refractivity contribution in [3.05, 3.63) is 113 Å². The SMILES string of the molecule is CCc1cc(-c2ccccc2C)cc2c1OCCN(C(NC)OCC1CN(C(=O)NC)Cc3cc(N4CCCc5cc(-c6cnn(C)c6)c(C(F)F)cc54)ccc3O1)C2. The zero-order valence-electron chi connectivity index (χ0n) is 34.4. The van der Waals surface area contributed by atoms with Crippen LogP contribution < -0.4 is 25.0 Å². The standard InChI is InChI=1S/C46H53F2N7O4/c1-6-30-18-32(38-12-8-7-10-29(38)2)19-34-26-53(16-17-57-43(30)34)46(50-4)58-28-37-27-54(45(56)49-3)25-33-20-36(13-14-42(33)59-37)55-15-9-11-31-21-39(35-23-51-52(5)24-35)40(44(47)48)22-41(31)55/h7-8,10,12-14,18-24,37,44,46,50H,6,9,11,15-17,25-28H2,1-5H3,(H,49,56). The highest BCUT2D eigenvalue weighted by molar-refractivity contribution is 5.78. The maximum absolute atomic E-state index is 14.6. The summed E-state index contributed by atoms with van der Waals surface area (Å²) in [5.41, 5.74) is 10.5. The van der Waals surface area contributed by atoms with Gasteiger partial charge in [0.1, 0.15) is 24.2 Å². The molecule has 59 heavy (non-hydrogen) atoms. The molecular weight excluding hydrogens is 753 g/mol. The first-order chi connectivity index (χ1) is 28.6. The zero-order chi connectivity index (χ0) is 41.2. The monoisotopic (exact) mass is 805 g/mol. The number of halogens is 2. The molecule has 0 fully saturated rings. The number of aryl methyl sites for hydroxylation is 4. The van der Waals surface area contributed by atoms with Gasteiger partial charge >= 0.3 is 6.03 Å². The van der Waals surface area contributed by atoms with Gasteiger partial charge in [-0.25, -0.2) is 13.6 Å². The molecule has 2 N–H and O–H groups in total. The maximum Gasteiger partial charge on any atom is 0.317 e. The van der Waals surface area contributed by atoms with Gasteiger partial charge in [-0.1, -0.05) is 31.2 Å². The van der Waals surface area contributed by atoms with Gasteiger partial charge in [0, 0.05) is 73.6 Å². The van der Waals surface area contributed by atoms with Gasteiger partial charge in [0.05, 0.1) is 25.9 Å². The summed E-state index contributed by atoms with van der Waals surface area (Å²) in [6.45, 7) is 7.57. The van der Waals surface area contributed by atoms with Crippen molar-refractivity contribution in [3.63, 3.8) is 0 Å². The summed E-state index contributed by atoms with van der Waals surface area (Å²) >= 11 is 0. The van der Waals surface area contributed by atoms with Crippen LogP contribution in [0.25, 0.3) is 22.3 Å². The van der Waals surface area contributed by atoms with Crippen molar-refractivity contribution in [2.75, 3.05) is 51.8 Å². The first-order valence-corrected chi connectivity index (χ1v) is 20.5. The number of ether oxygens (including phenoxy) is 3. The zero-order valence-corrected chi connectivity index (χ0v) is 34.4. The lowest BCUT2D eigenvalue weighted by molar-refractivity contribution is -0.102. The fraction of sp³-hybridized carbons (Fsp3) is 0.391. The Balaban J connectivity index is 1.02. The number of nitrogens with one attached hydrogen (secondary N) is 2. The molecule has 5 aromatic rings. The van der Waals surface area contributed by atoms with E-state index < -0.39 is 18.9 Å². The maximum atomic E-state index is 14.6. The molecule has 4 heterocycles. The molecule has 13 heteroatoms. The molecule has 1 aromatic heterocycles. The molecule has 0 saturated heterocycles. The van der Waals surface area contributed by atoms with Crippen LogP contribution in [-0.2, 0) is 37.7 Å². The van der Waals surface area contributed by atoms with Gasteiger partial charge in [-0.15, -0.1) is 0 Å². The van der Waals surface area contributed by atoms with E-state index in [1.807, 2.05) is 31.3 Å². The average molecular weight is 806 g/mol. The number of nitrogens with zero attached hydrogens (tertiary/aromatic N) is 5. The summed E-state index contributed by atoms with van der Waals surface area (Å²) in [7, 11) is 5.28. The van der Waals surface area contributed by atoms with Crippen molar-refractivity contribution in [1.82, 2.24) is 30.2 Å². The minimum atomic E-state index is -2.66. The van der Waals surface area contributed by atoms with Gasteiger partial charge in [0.15, 0.2) is 6.35 Å². The van der Waals surface area contributed by atoms with Gasteiger partial charge in [0.2, 0.25) is 0 Å². The lowest BCUT2D eigenvalue weighted by Crippen LogP contribution is -2.49. The summed E-state index contributed by atoms with van der Waals surface area (Å²) in [5.74, 6) is 1.60. The predicted octanol–water partition coefficient (Wildman–Crippen LogP) is 7.96. The largest absolute Gasteiger partial charge is 0.492 e. The van der Waals surface area contributed by atoms with E-state index in [1.165, 1.54) is 22.3 Å². The number of alkyl halides is 2. The van der Waals surface area contributed by atoms with E-state index >= 15 is 0 Å². The third-order valence-electron chi connectivity index (χ3n) is 11.7. The quantitative estimate of drug-likeness (QED) is 0.137. The van der Waals surface area contributed by atoms with Crippen LogP contribution in [0.1, 0.15) is 53.2 Å². The Hall–Kier alpha value is -5.50. The molecular formula is C46H53F2N7O4. The minimum absolute atomic E-state index is 0.0233. The van der Waals surface area contributed by atoms with E-state index in [0.717, 1.165) is 53.1 Å². The molecule has 0 spiro atoms. The van der Waals surface area contributed by atoms with Crippen molar-refractivity contribution in [1.29, 1.82) is 0 Å². The van der Waals surface area contributed by atoms with Crippen LogP contribution in [0.2, 0.25) is 0 Å². The Kier molecular flexibility index (Phi) is 11.9. The number of fused-ring (bicyclic) bond motifs is 3. The summed E-state index contributed by atoms with van der Waals surface area (Å²) in [4.78, 5) is 19.3. The highest BCUT2D eigenvalue weighted by Crippen LogP contribution is 2.43. The Morgan fingerprint density at radius 3 is 2.58 bits per heavy atom. The van der Waals surface area contributed by atoms with Crippen molar-refractivity contribution in [3.8, 4) is 33.8 Å². The number of benzene rings is 4. The van der Waals surface area contributed by atoms with E-state index in [2.05, 4.69) is 75.8 Å². The van der Waals surface area contributed by atoms with Crippen LogP contribution in [0, 0.1) is 6.92 Å². The minimum Gasteiger partial charge on any atom is -0.492 e. The number of hydrogen-bond donors (Lipinski definition) is 2. The smallest absolute Gasteiger partial charge is 0.317 e. The van der Waals surface area contributed by atoms with Crippen molar-refractivity contribution >= 4 is 17.4 Å². The van der Waals surface area contributed by atoms with Gasteiger partial charge in [-0.05, 0) is 109 Å². The summed E-state index contributed by atoms with van der Waals surface area (Å²) in [5, 5.41) is 10.4. The van der Waals surface area contributed by atoms with Crippen molar-refractivity contribution < 1.29 is 27.8 Å². The number of carbonyl (C=O) groups is 1. The van der Waals surface area contributed by atoms with Gasteiger partial charge in [-0.3, -0.25) is 14.9 Å². The fourth-order valence-corrected chi connectivity index (χ4v) is 8.72. The fourth-order valence-electron chi connectivity index (χ4n) is 8.72. The number of hydrogen-bond acceptors (Lipinski definition) is 8. The molecule has 2 atom stereocenters. The number of urea groups is 1. The van der Waals surface area contributed by atoms with E-state index in [1.54, 1.807) is 42.1 Å².